The lowest BCUT2D eigenvalue weighted by Crippen LogP contribution is -2.22. The summed E-state index contributed by atoms with van der Waals surface area (Å²) in [4.78, 5) is 13.2. The van der Waals surface area contributed by atoms with Crippen molar-refractivity contribution in [3.63, 3.8) is 0 Å². The Balaban J connectivity index is 3.15. The summed E-state index contributed by atoms with van der Waals surface area (Å²) in [5.41, 5.74) is 3.16. The van der Waals surface area contributed by atoms with Crippen molar-refractivity contribution in [2.45, 2.75) is 33.6 Å². The minimum atomic E-state index is 0.385. The number of rotatable bonds is 5. The number of carbonyl (C=O) groups is 1. The van der Waals surface area contributed by atoms with Crippen LogP contribution in [0.4, 0.5) is 5.69 Å². The van der Waals surface area contributed by atoms with Crippen molar-refractivity contribution >= 4 is 12.0 Å². The Hall–Kier alpha value is -1.31. The molecule has 0 saturated heterocycles. The van der Waals surface area contributed by atoms with E-state index in [2.05, 4.69) is 38.7 Å². The van der Waals surface area contributed by atoms with Gasteiger partial charge < -0.3 is 4.90 Å². The second-order valence-electron chi connectivity index (χ2n) is 4.26. The number of carbonyl (C=O) groups excluding carboxylic acids is 1. The quantitative estimate of drug-likeness (QED) is 0.707. The van der Waals surface area contributed by atoms with Gasteiger partial charge in [0.15, 0.2) is 0 Å². The number of hydrogen-bond donors (Lipinski definition) is 0. The van der Waals surface area contributed by atoms with E-state index < -0.39 is 0 Å². The van der Waals surface area contributed by atoms with Gasteiger partial charge in [-0.2, -0.15) is 0 Å². The van der Waals surface area contributed by atoms with Gasteiger partial charge in [-0.25, -0.2) is 0 Å². The van der Waals surface area contributed by atoms with Gasteiger partial charge in [0.1, 0.15) is 6.29 Å². The summed E-state index contributed by atoms with van der Waals surface area (Å²) in [5.74, 6) is 0.385. The van der Waals surface area contributed by atoms with Crippen LogP contribution >= 0.6 is 0 Å². The first-order chi connectivity index (χ1) is 7.63. The van der Waals surface area contributed by atoms with Crippen LogP contribution in [-0.4, -0.2) is 19.4 Å². The SMILES string of the molecule is CCN(CC)c1ccc(C=O)c(C(C)C)c1. The smallest absolute Gasteiger partial charge is 0.150 e. The average molecular weight is 219 g/mol. The van der Waals surface area contributed by atoms with Crippen LogP contribution in [0.3, 0.4) is 0 Å². The summed E-state index contributed by atoms with van der Waals surface area (Å²) >= 11 is 0. The molecule has 0 saturated carbocycles. The second-order valence-corrected chi connectivity index (χ2v) is 4.26. The normalized spacial score (nSPS) is 10.6. The van der Waals surface area contributed by atoms with Crippen molar-refractivity contribution in [1.82, 2.24) is 0 Å². The zero-order valence-corrected chi connectivity index (χ0v) is 10.7. The van der Waals surface area contributed by atoms with Gasteiger partial charge in [0, 0.05) is 24.3 Å². The molecular formula is C14H21NO. The highest BCUT2D eigenvalue weighted by atomic mass is 16.1. The average Bonchev–Trinajstić information content (AvgIpc) is 2.30. The molecule has 0 amide bonds. The van der Waals surface area contributed by atoms with E-state index in [0.29, 0.717) is 5.92 Å². The molecule has 88 valence electrons. The van der Waals surface area contributed by atoms with Crippen molar-refractivity contribution in [2.24, 2.45) is 0 Å². The fraction of sp³-hybridized carbons (Fsp3) is 0.500. The molecule has 0 spiro atoms. The standard InChI is InChI=1S/C14H21NO/c1-5-15(6-2)13-8-7-12(10-16)14(9-13)11(3)4/h7-11H,5-6H2,1-4H3. The van der Waals surface area contributed by atoms with Crippen molar-refractivity contribution in [3.05, 3.63) is 29.3 Å². The third kappa shape index (κ3) is 2.63. The maximum atomic E-state index is 10.9. The zero-order valence-electron chi connectivity index (χ0n) is 10.7. The van der Waals surface area contributed by atoms with E-state index in [0.717, 1.165) is 30.5 Å². The lowest BCUT2D eigenvalue weighted by atomic mass is 9.97. The molecule has 0 fully saturated rings. The van der Waals surface area contributed by atoms with E-state index in [-0.39, 0.29) is 0 Å². The van der Waals surface area contributed by atoms with Crippen LogP contribution in [0.2, 0.25) is 0 Å². The maximum Gasteiger partial charge on any atom is 0.150 e. The molecular weight excluding hydrogens is 198 g/mol. The van der Waals surface area contributed by atoms with Gasteiger partial charge in [-0.1, -0.05) is 13.8 Å². The lowest BCUT2D eigenvalue weighted by Gasteiger charge is -2.23. The molecule has 0 atom stereocenters. The maximum absolute atomic E-state index is 10.9. The molecule has 0 aromatic heterocycles. The van der Waals surface area contributed by atoms with Gasteiger partial charge in [-0.15, -0.1) is 0 Å². The molecule has 1 rings (SSSR count). The zero-order chi connectivity index (χ0) is 12.1. The third-order valence-electron chi connectivity index (χ3n) is 2.95. The van der Waals surface area contributed by atoms with Gasteiger partial charge in [-0.05, 0) is 43.5 Å². The van der Waals surface area contributed by atoms with E-state index >= 15 is 0 Å². The fourth-order valence-electron chi connectivity index (χ4n) is 1.95. The first-order valence-corrected chi connectivity index (χ1v) is 5.98. The molecule has 1 aromatic rings. The number of benzene rings is 1. The highest BCUT2D eigenvalue weighted by molar-refractivity contribution is 5.79. The van der Waals surface area contributed by atoms with Crippen LogP contribution in [-0.2, 0) is 0 Å². The number of aldehydes is 1. The van der Waals surface area contributed by atoms with Crippen LogP contribution in [0.15, 0.2) is 18.2 Å². The molecule has 0 N–H and O–H groups in total. The number of anilines is 1. The van der Waals surface area contributed by atoms with E-state index in [4.69, 9.17) is 0 Å². The lowest BCUT2D eigenvalue weighted by molar-refractivity contribution is 0.112. The van der Waals surface area contributed by atoms with E-state index in [1.54, 1.807) is 0 Å². The summed E-state index contributed by atoms with van der Waals surface area (Å²) < 4.78 is 0. The molecule has 0 unspecified atom stereocenters. The van der Waals surface area contributed by atoms with Gasteiger partial charge in [0.25, 0.3) is 0 Å². The van der Waals surface area contributed by atoms with Crippen molar-refractivity contribution < 1.29 is 4.79 Å². The van der Waals surface area contributed by atoms with Crippen molar-refractivity contribution in [3.8, 4) is 0 Å². The first-order valence-electron chi connectivity index (χ1n) is 5.98. The summed E-state index contributed by atoms with van der Waals surface area (Å²) in [6, 6.07) is 6.10. The second kappa shape index (κ2) is 5.69. The van der Waals surface area contributed by atoms with Gasteiger partial charge in [0.2, 0.25) is 0 Å². The van der Waals surface area contributed by atoms with Gasteiger partial charge >= 0.3 is 0 Å². The van der Waals surface area contributed by atoms with Gasteiger partial charge in [-0.3, -0.25) is 4.79 Å². The number of nitrogens with zero attached hydrogens (tertiary/aromatic N) is 1. The van der Waals surface area contributed by atoms with E-state index in [1.807, 2.05) is 12.1 Å². The Bertz CT molecular complexity index is 354. The summed E-state index contributed by atoms with van der Waals surface area (Å²) in [6.45, 7) is 10.5. The minimum Gasteiger partial charge on any atom is -0.372 e. The van der Waals surface area contributed by atoms with Crippen molar-refractivity contribution in [2.75, 3.05) is 18.0 Å². The monoisotopic (exact) mass is 219 g/mol. The van der Waals surface area contributed by atoms with Crippen LogP contribution in [0.5, 0.6) is 0 Å². The minimum absolute atomic E-state index is 0.385. The first kappa shape index (κ1) is 12.8. The third-order valence-corrected chi connectivity index (χ3v) is 2.95. The molecule has 1 aromatic carbocycles. The highest BCUT2D eigenvalue weighted by Gasteiger charge is 2.09. The van der Waals surface area contributed by atoms with Crippen LogP contribution in [0, 0.1) is 0 Å². The molecule has 2 heteroatoms. The molecule has 0 aliphatic heterocycles. The van der Waals surface area contributed by atoms with E-state index in [9.17, 15) is 4.79 Å². The largest absolute Gasteiger partial charge is 0.372 e. The van der Waals surface area contributed by atoms with Gasteiger partial charge in [0.05, 0.1) is 0 Å². The summed E-state index contributed by atoms with van der Waals surface area (Å²) in [5, 5.41) is 0. The van der Waals surface area contributed by atoms with Crippen LogP contribution in [0.25, 0.3) is 0 Å². The van der Waals surface area contributed by atoms with E-state index in [1.165, 1.54) is 5.69 Å². The Morgan fingerprint density at radius 1 is 1.25 bits per heavy atom. The molecule has 16 heavy (non-hydrogen) atoms. The summed E-state index contributed by atoms with van der Waals surface area (Å²) in [6.07, 6.45) is 0.946. The molecule has 2 nitrogen and oxygen atoms in total. The highest BCUT2D eigenvalue weighted by Crippen LogP contribution is 2.24. The molecule has 0 aliphatic rings. The number of hydrogen-bond acceptors (Lipinski definition) is 2. The van der Waals surface area contributed by atoms with Crippen molar-refractivity contribution in [1.29, 1.82) is 0 Å². The molecule has 0 heterocycles. The van der Waals surface area contributed by atoms with Crippen LogP contribution in [0.1, 0.15) is 49.5 Å². The molecule has 0 radical (unpaired) electrons. The predicted octanol–water partition coefficient (Wildman–Crippen LogP) is 3.47. The molecule has 0 bridgehead atoms. The Kier molecular flexibility index (Phi) is 4.53. The summed E-state index contributed by atoms with van der Waals surface area (Å²) in [7, 11) is 0. The topological polar surface area (TPSA) is 20.3 Å². The predicted molar refractivity (Wildman–Crippen MR) is 69.5 cm³/mol. The Labute approximate surface area is 98.3 Å². The Morgan fingerprint density at radius 2 is 1.88 bits per heavy atom. The molecule has 0 aliphatic carbocycles. The Morgan fingerprint density at radius 3 is 2.31 bits per heavy atom. The van der Waals surface area contributed by atoms with Crippen LogP contribution < -0.4 is 4.90 Å². The fourth-order valence-corrected chi connectivity index (χ4v) is 1.95.